The lowest BCUT2D eigenvalue weighted by molar-refractivity contribution is -0.116. The van der Waals surface area contributed by atoms with Crippen molar-refractivity contribution >= 4 is 15.6 Å². The number of aryl methyl sites for hydroxylation is 1. The van der Waals surface area contributed by atoms with Gasteiger partial charge in [-0.15, -0.1) is 0 Å². The second kappa shape index (κ2) is 5.25. The molecular weight excluding hydrogens is 224 g/mol. The second-order valence-corrected chi connectivity index (χ2v) is 5.85. The van der Waals surface area contributed by atoms with E-state index in [4.69, 9.17) is 0 Å². The van der Waals surface area contributed by atoms with E-state index in [-0.39, 0.29) is 16.4 Å². The van der Waals surface area contributed by atoms with Gasteiger partial charge >= 0.3 is 0 Å². The molecular formula is C12H16O3S. The number of benzene rings is 1. The molecule has 1 rings (SSSR count). The summed E-state index contributed by atoms with van der Waals surface area (Å²) in [4.78, 5) is 11.6. The third-order valence-corrected chi connectivity index (χ3v) is 3.90. The summed E-state index contributed by atoms with van der Waals surface area (Å²) in [6.45, 7) is 3.68. The van der Waals surface area contributed by atoms with Gasteiger partial charge < -0.3 is 0 Å². The van der Waals surface area contributed by atoms with E-state index in [0.717, 1.165) is 5.56 Å². The van der Waals surface area contributed by atoms with Crippen molar-refractivity contribution in [3.8, 4) is 0 Å². The van der Waals surface area contributed by atoms with Gasteiger partial charge in [-0.2, -0.15) is 0 Å². The van der Waals surface area contributed by atoms with E-state index in [0.29, 0.717) is 12.8 Å². The quantitative estimate of drug-likeness (QED) is 0.792. The van der Waals surface area contributed by atoms with Crippen LogP contribution in [0, 0.1) is 6.92 Å². The monoisotopic (exact) mass is 240 g/mol. The van der Waals surface area contributed by atoms with Crippen molar-refractivity contribution in [1.29, 1.82) is 0 Å². The molecule has 0 unspecified atom stereocenters. The molecule has 0 saturated carbocycles. The largest absolute Gasteiger partial charge is 0.299 e. The predicted octanol–water partition coefficient (Wildman–Crippen LogP) is 2.14. The van der Waals surface area contributed by atoms with Gasteiger partial charge in [-0.25, -0.2) is 8.42 Å². The van der Waals surface area contributed by atoms with Crippen LogP contribution in [-0.2, 0) is 14.6 Å². The molecule has 0 aliphatic rings. The number of Topliss-reactive ketones (excluding diaryl/α,β-unsaturated/α-hetero) is 1. The molecule has 1 aromatic rings. The fraction of sp³-hybridized carbons (Fsp3) is 0.417. The molecule has 0 bridgehead atoms. The fourth-order valence-electron chi connectivity index (χ4n) is 1.46. The van der Waals surface area contributed by atoms with Crippen LogP contribution in [0.2, 0.25) is 0 Å². The van der Waals surface area contributed by atoms with Crippen LogP contribution in [0.4, 0.5) is 0 Å². The van der Waals surface area contributed by atoms with Crippen molar-refractivity contribution in [2.45, 2.75) is 31.6 Å². The molecule has 0 fully saturated rings. The molecule has 0 spiro atoms. The third-order valence-electron chi connectivity index (χ3n) is 2.23. The van der Waals surface area contributed by atoms with Crippen LogP contribution >= 0.6 is 0 Å². The minimum atomic E-state index is -3.45. The van der Waals surface area contributed by atoms with E-state index in [1.165, 1.54) is 6.07 Å². The number of sulfone groups is 1. The molecule has 4 heteroatoms. The van der Waals surface area contributed by atoms with E-state index < -0.39 is 9.84 Å². The molecule has 88 valence electrons. The van der Waals surface area contributed by atoms with Gasteiger partial charge in [0.2, 0.25) is 0 Å². The minimum Gasteiger partial charge on any atom is -0.299 e. The van der Waals surface area contributed by atoms with Gasteiger partial charge in [-0.3, -0.25) is 4.79 Å². The van der Waals surface area contributed by atoms with Gasteiger partial charge in [-0.1, -0.05) is 19.1 Å². The Hall–Kier alpha value is -1.16. The fourth-order valence-corrected chi connectivity index (χ4v) is 2.84. The zero-order valence-corrected chi connectivity index (χ0v) is 10.4. The lowest BCUT2D eigenvalue weighted by atomic mass is 10.2. The van der Waals surface area contributed by atoms with E-state index in [2.05, 4.69) is 0 Å². The summed E-state index contributed by atoms with van der Waals surface area (Å²) in [6, 6.07) is 6.63. The van der Waals surface area contributed by atoms with Crippen LogP contribution in [0.25, 0.3) is 0 Å². The molecule has 0 atom stereocenters. The summed E-state index contributed by atoms with van der Waals surface area (Å²) < 4.78 is 23.7. The van der Waals surface area contributed by atoms with Crippen LogP contribution in [0.1, 0.15) is 25.3 Å². The Balaban J connectivity index is 2.90. The van der Waals surface area contributed by atoms with E-state index in [1.54, 1.807) is 12.1 Å². The van der Waals surface area contributed by atoms with E-state index >= 15 is 0 Å². The summed E-state index contributed by atoms with van der Waals surface area (Å²) >= 11 is 0. The molecule has 1 aromatic carbocycles. The highest BCUT2D eigenvalue weighted by Gasteiger charge is 2.18. The first-order valence-electron chi connectivity index (χ1n) is 5.27. The normalized spacial score (nSPS) is 11.4. The zero-order chi connectivity index (χ0) is 12.2. The number of hydrogen-bond donors (Lipinski definition) is 0. The Morgan fingerprint density at radius 2 is 2.00 bits per heavy atom. The van der Waals surface area contributed by atoms with Crippen LogP contribution < -0.4 is 0 Å². The molecule has 0 aliphatic heterocycles. The molecule has 0 heterocycles. The smallest absolute Gasteiger partial charge is 0.185 e. The van der Waals surface area contributed by atoms with Crippen molar-refractivity contribution in [3.63, 3.8) is 0 Å². The van der Waals surface area contributed by atoms with Crippen molar-refractivity contribution in [3.05, 3.63) is 29.8 Å². The van der Waals surface area contributed by atoms with Crippen LogP contribution in [0.5, 0.6) is 0 Å². The number of hydrogen-bond acceptors (Lipinski definition) is 3. The van der Waals surface area contributed by atoms with Gasteiger partial charge in [0.15, 0.2) is 9.84 Å². The van der Waals surface area contributed by atoms with Crippen molar-refractivity contribution in [2.75, 3.05) is 5.75 Å². The first-order chi connectivity index (χ1) is 7.45. The zero-order valence-electron chi connectivity index (χ0n) is 9.56. The third kappa shape index (κ3) is 3.45. The average Bonchev–Trinajstić information content (AvgIpc) is 2.17. The van der Waals surface area contributed by atoms with Crippen molar-refractivity contribution in [1.82, 2.24) is 0 Å². The van der Waals surface area contributed by atoms with Gasteiger partial charge in [0.25, 0.3) is 0 Å². The summed E-state index contributed by atoms with van der Waals surface area (Å²) in [5.74, 6) is -0.603. The standard InChI is InChI=1S/C12H16O3S/c1-3-5-11(13)9-16(14,15)12-7-4-6-10(2)8-12/h4,6-8H,3,5,9H2,1-2H3. The molecule has 16 heavy (non-hydrogen) atoms. The molecule has 0 N–H and O–H groups in total. The van der Waals surface area contributed by atoms with E-state index in [9.17, 15) is 13.2 Å². The highest BCUT2D eigenvalue weighted by molar-refractivity contribution is 7.92. The Morgan fingerprint density at radius 3 is 2.56 bits per heavy atom. The molecule has 0 radical (unpaired) electrons. The number of rotatable bonds is 5. The summed E-state index contributed by atoms with van der Waals surface area (Å²) in [6.07, 6.45) is 1.01. The molecule has 0 aliphatic carbocycles. The maximum absolute atomic E-state index is 11.8. The Morgan fingerprint density at radius 1 is 1.31 bits per heavy atom. The molecule has 0 amide bonds. The summed E-state index contributed by atoms with van der Waals surface area (Å²) in [5, 5.41) is 0. The number of ketones is 1. The van der Waals surface area contributed by atoms with Crippen molar-refractivity contribution in [2.24, 2.45) is 0 Å². The lowest BCUT2D eigenvalue weighted by Crippen LogP contribution is -2.15. The predicted molar refractivity (Wildman–Crippen MR) is 63.1 cm³/mol. The van der Waals surface area contributed by atoms with E-state index in [1.807, 2.05) is 19.9 Å². The topological polar surface area (TPSA) is 51.2 Å². The Bertz CT molecular complexity index is 475. The highest BCUT2D eigenvalue weighted by atomic mass is 32.2. The van der Waals surface area contributed by atoms with Gasteiger partial charge in [-0.05, 0) is 31.0 Å². The minimum absolute atomic E-state index is 0.219. The Kier molecular flexibility index (Phi) is 4.24. The summed E-state index contributed by atoms with van der Waals surface area (Å²) in [7, 11) is -3.45. The van der Waals surface area contributed by atoms with Gasteiger partial charge in [0.1, 0.15) is 11.5 Å². The first kappa shape index (κ1) is 12.9. The van der Waals surface area contributed by atoms with Crippen molar-refractivity contribution < 1.29 is 13.2 Å². The summed E-state index contributed by atoms with van der Waals surface area (Å²) in [5.41, 5.74) is 0.879. The first-order valence-corrected chi connectivity index (χ1v) is 6.92. The number of carbonyl (C=O) groups excluding carboxylic acids is 1. The maximum Gasteiger partial charge on any atom is 0.185 e. The molecule has 0 saturated heterocycles. The van der Waals surface area contributed by atoms with Crippen LogP contribution in [-0.4, -0.2) is 20.0 Å². The number of carbonyl (C=O) groups is 1. The second-order valence-electron chi connectivity index (χ2n) is 3.86. The van der Waals surface area contributed by atoms with Gasteiger partial charge in [0, 0.05) is 6.42 Å². The average molecular weight is 240 g/mol. The molecule has 3 nitrogen and oxygen atoms in total. The van der Waals surface area contributed by atoms with Crippen LogP contribution in [0.15, 0.2) is 29.2 Å². The Labute approximate surface area is 96.4 Å². The SMILES string of the molecule is CCCC(=O)CS(=O)(=O)c1cccc(C)c1. The maximum atomic E-state index is 11.8. The van der Waals surface area contributed by atoms with Crippen LogP contribution in [0.3, 0.4) is 0 Å². The lowest BCUT2D eigenvalue weighted by Gasteiger charge is -2.04. The van der Waals surface area contributed by atoms with Gasteiger partial charge in [0.05, 0.1) is 4.90 Å². The molecule has 0 aromatic heterocycles. The highest BCUT2D eigenvalue weighted by Crippen LogP contribution is 2.13.